The lowest BCUT2D eigenvalue weighted by atomic mass is 9.94. The second-order valence-corrected chi connectivity index (χ2v) is 6.10. The van der Waals surface area contributed by atoms with Gasteiger partial charge in [0.2, 0.25) is 0 Å². The van der Waals surface area contributed by atoms with E-state index in [1.54, 1.807) is 0 Å². The van der Waals surface area contributed by atoms with E-state index in [9.17, 15) is 0 Å². The lowest BCUT2D eigenvalue weighted by molar-refractivity contribution is 0.312. The molecule has 0 aromatic heterocycles. The zero-order chi connectivity index (χ0) is 11.7. The van der Waals surface area contributed by atoms with Crippen LogP contribution in [0.2, 0.25) is 0 Å². The monoisotopic (exact) mass is 294 g/mol. The number of nitrogens with one attached hydrogen (secondary N) is 1. The third kappa shape index (κ3) is 2.56. The minimum absolute atomic E-state index is 0.742. The van der Waals surface area contributed by atoms with Gasteiger partial charge in [0, 0.05) is 30.1 Å². The number of rotatable bonds is 2. The second-order valence-electron chi connectivity index (χ2n) is 5.25. The van der Waals surface area contributed by atoms with Gasteiger partial charge in [0.05, 0.1) is 0 Å². The second kappa shape index (κ2) is 5.09. The molecule has 0 aliphatic carbocycles. The van der Waals surface area contributed by atoms with Gasteiger partial charge >= 0.3 is 0 Å². The van der Waals surface area contributed by atoms with Crippen molar-refractivity contribution >= 4 is 15.9 Å². The molecule has 1 N–H and O–H groups in total. The Kier molecular flexibility index (Phi) is 3.50. The van der Waals surface area contributed by atoms with Crippen LogP contribution in [0.5, 0.6) is 0 Å². The van der Waals surface area contributed by atoms with E-state index >= 15 is 0 Å². The summed E-state index contributed by atoms with van der Waals surface area (Å²) in [7, 11) is 0. The summed E-state index contributed by atoms with van der Waals surface area (Å²) in [6.07, 6.45) is 2.76. The van der Waals surface area contributed by atoms with Crippen molar-refractivity contribution in [3.05, 3.63) is 34.3 Å². The van der Waals surface area contributed by atoms with Gasteiger partial charge in [-0.05, 0) is 36.9 Å². The first-order valence-corrected chi connectivity index (χ1v) is 7.31. The first-order chi connectivity index (χ1) is 8.33. The highest BCUT2D eigenvalue weighted by Gasteiger charge is 2.33. The quantitative estimate of drug-likeness (QED) is 0.902. The Morgan fingerprint density at radius 3 is 3.00 bits per heavy atom. The Balaban J connectivity index is 1.65. The average molecular weight is 295 g/mol. The molecule has 2 nitrogen and oxygen atoms in total. The number of fused-ring (bicyclic) bond motifs is 1. The van der Waals surface area contributed by atoms with E-state index < -0.39 is 0 Å². The van der Waals surface area contributed by atoms with E-state index in [-0.39, 0.29) is 0 Å². The van der Waals surface area contributed by atoms with Crippen LogP contribution in [0.1, 0.15) is 18.4 Å². The first-order valence-electron chi connectivity index (χ1n) is 6.52. The van der Waals surface area contributed by atoms with E-state index in [0.29, 0.717) is 0 Å². The maximum Gasteiger partial charge on any atom is 0.0245 e. The molecule has 92 valence electrons. The van der Waals surface area contributed by atoms with Gasteiger partial charge in [-0.3, -0.25) is 4.90 Å². The third-order valence-electron chi connectivity index (χ3n) is 4.03. The highest BCUT2D eigenvalue weighted by molar-refractivity contribution is 9.10. The van der Waals surface area contributed by atoms with Crippen LogP contribution in [0.3, 0.4) is 0 Å². The predicted molar refractivity (Wildman–Crippen MR) is 73.9 cm³/mol. The fraction of sp³-hybridized carbons (Fsp3) is 0.571. The fourth-order valence-electron chi connectivity index (χ4n) is 3.13. The molecule has 0 radical (unpaired) electrons. The number of hydrogen-bond acceptors (Lipinski definition) is 2. The number of hydrogen-bond donors (Lipinski definition) is 1. The molecule has 2 atom stereocenters. The van der Waals surface area contributed by atoms with Crippen LogP contribution in [0.15, 0.2) is 28.7 Å². The number of likely N-dealkylation sites (tertiary alicyclic amines) is 1. The van der Waals surface area contributed by atoms with Gasteiger partial charge in [-0.1, -0.05) is 34.1 Å². The zero-order valence-electron chi connectivity index (χ0n) is 10.0. The van der Waals surface area contributed by atoms with Crippen LogP contribution >= 0.6 is 15.9 Å². The SMILES string of the molecule is Brc1ccccc1CN1CC2CCCNC2C1. The molecule has 3 rings (SSSR count). The van der Waals surface area contributed by atoms with Gasteiger partial charge in [-0.15, -0.1) is 0 Å². The lowest BCUT2D eigenvalue weighted by Gasteiger charge is -2.24. The van der Waals surface area contributed by atoms with E-state index in [0.717, 1.165) is 18.5 Å². The zero-order valence-corrected chi connectivity index (χ0v) is 11.6. The Bertz CT molecular complexity index is 380. The summed E-state index contributed by atoms with van der Waals surface area (Å²) in [5, 5.41) is 3.66. The van der Waals surface area contributed by atoms with Crippen molar-refractivity contribution in [3.63, 3.8) is 0 Å². The summed E-state index contributed by atoms with van der Waals surface area (Å²) in [6, 6.07) is 9.31. The summed E-state index contributed by atoms with van der Waals surface area (Å²) in [4.78, 5) is 2.59. The number of piperidine rings is 1. The molecule has 17 heavy (non-hydrogen) atoms. The van der Waals surface area contributed by atoms with Gasteiger partial charge in [-0.2, -0.15) is 0 Å². The van der Waals surface area contributed by atoms with Crippen LogP contribution < -0.4 is 5.32 Å². The number of halogens is 1. The molecule has 2 saturated heterocycles. The highest BCUT2D eigenvalue weighted by atomic mass is 79.9. The van der Waals surface area contributed by atoms with Crippen molar-refractivity contribution in [1.82, 2.24) is 10.2 Å². The average Bonchev–Trinajstić information content (AvgIpc) is 2.74. The molecule has 1 aromatic rings. The topological polar surface area (TPSA) is 15.3 Å². The van der Waals surface area contributed by atoms with Crippen molar-refractivity contribution in [1.29, 1.82) is 0 Å². The van der Waals surface area contributed by atoms with E-state index in [4.69, 9.17) is 0 Å². The van der Waals surface area contributed by atoms with Crippen LogP contribution in [-0.2, 0) is 6.54 Å². The molecule has 0 spiro atoms. The largest absolute Gasteiger partial charge is 0.312 e. The normalized spacial score (nSPS) is 29.2. The molecule has 2 unspecified atom stereocenters. The molecule has 2 heterocycles. The van der Waals surface area contributed by atoms with E-state index in [1.165, 1.54) is 42.5 Å². The molecule has 0 saturated carbocycles. The summed E-state index contributed by atoms with van der Waals surface area (Å²) in [6.45, 7) is 4.77. The van der Waals surface area contributed by atoms with Crippen molar-refractivity contribution in [2.75, 3.05) is 19.6 Å². The molecular weight excluding hydrogens is 276 g/mol. The summed E-state index contributed by atoms with van der Waals surface area (Å²) >= 11 is 3.64. The maximum absolute atomic E-state index is 3.66. The van der Waals surface area contributed by atoms with Crippen LogP contribution in [0, 0.1) is 5.92 Å². The van der Waals surface area contributed by atoms with Crippen LogP contribution in [-0.4, -0.2) is 30.6 Å². The van der Waals surface area contributed by atoms with E-state index in [1.807, 2.05) is 0 Å². The lowest BCUT2D eigenvalue weighted by Crippen LogP contribution is -2.40. The minimum Gasteiger partial charge on any atom is -0.312 e. The van der Waals surface area contributed by atoms with Crippen molar-refractivity contribution in [3.8, 4) is 0 Å². The fourth-order valence-corrected chi connectivity index (χ4v) is 3.54. The number of benzene rings is 1. The molecule has 0 amide bonds. The van der Waals surface area contributed by atoms with Gasteiger partial charge < -0.3 is 5.32 Å². The Hall–Kier alpha value is -0.380. The van der Waals surface area contributed by atoms with Gasteiger partial charge in [-0.25, -0.2) is 0 Å². The van der Waals surface area contributed by atoms with Gasteiger partial charge in [0.25, 0.3) is 0 Å². The molecule has 2 fully saturated rings. The number of nitrogens with zero attached hydrogens (tertiary/aromatic N) is 1. The smallest absolute Gasteiger partial charge is 0.0245 e. The minimum atomic E-state index is 0.742. The molecular formula is C14H19BrN2. The van der Waals surface area contributed by atoms with Crippen LogP contribution in [0.4, 0.5) is 0 Å². The Labute approximate surface area is 112 Å². The van der Waals surface area contributed by atoms with E-state index in [2.05, 4.69) is 50.4 Å². The molecule has 0 bridgehead atoms. The maximum atomic E-state index is 3.66. The third-order valence-corrected chi connectivity index (χ3v) is 4.80. The van der Waals surface area contributed by atoms with Crippen LogP contribution in [0.25, 0.3) is 0 Å². The Morgan fingerprint density at radius 2 is 2.18 bits per heavy atom. The summed E-state index contributed by atoms with van der Waals surface area (Å²) in [5.41, 5.74) is 1.41. The highest BCUT2D eigenvalue weighted by Crippen LogP contribution is 2.27. The van der Waals surface area contributed by atoms with Crippen molar-refractivity contribution < 1.29 is 0 Å². The Morgan fingerprint density at radius 1 is 1.29 bits per heavy atom. The van der Waals surface area contributed by atoms with Crippen molar-refractivity contribution in [2.45, 2.75) is 25.4 Å². The predicted octanol–water partition coefficient (Wildman–Crippen LogP) is 2.63. The molecule has 3 heteroatoms. The standard InChI is InChI=1S/C14H19BrN2/c15-13-6-2-1-4-11(13)8-17-9-12-5-3-7-16-14(12)10-17/h1-2,4,6,12,14,16H,3,5,7-10H2. The molecule has 1 aromatic carbocycles. The summed E-state index contributed by atoms with van der Waals surface area (Å²) in [5.74, 6) is 0.881. The molecule has 2 aliphatic heterocycles. The molecule has 2 aliphatic rings. The van der Waals surface area contributed by atoms with Gasteiger partial charge in [0.1, 0.15) is 0 Å². The van der Waals surface area contributed by atoms with Crippen molar-refractivity contribution in [2.24, 2.45) is 5.92 Å². The summed E-state index contributed by atoms with van der Waals surface area (Å²) < 4.78 is 1.24. The van der Waals surface area contributed by atoms with Gasteiger partial charge in [0.15, 0.2) is 0 Å². The first kappa shape index (κ1) is 11.7.